The second kappa shape index (κ2) is 3.60. The molecule has 0 aromatic heterocycles. The molecule has 0 spiro atoms. The smallest absolute Gasteiger partial charge is 0.277 e. The molecule has 90 valence electrons. The highest BCUT2D eigenvalue weighted by Gasteiger charge is 2.75. The first-order chi connectivity index (χ1) is 6.35. The molecule has 1 unspecified atom stereocenters. The van der Waals surface area contributed by atoms with Gasteiger partial charge in [0, 0.05) is 0 Å². The maximum Gasteiger partial charge on any atom is 0.459 e. The first-order valence-corrected chi connectivity index (χ1v) is 3.42. The summed E-state index contributed by atoms with van der Waals surface area (Å²) in [6.45, 7) is 0.0714. The Balaban J connectivity index is 5.28. The molecule has 9 heteroatoms. The zero-order valence-electron chi connectivity index (χ0n) is 7.10. The molecule has 0 saturated carbocycles. The SMILES string of the molecule is CC(C(=N)F)C(F)(F)C(F)(F)C(F)(F)F. The average molecular weight is 243 g/mol. The Morgan fingerprint density at radius 2 is 1.33 bits per heavy atom. The second-order valence-electron chi connectivity index (χ2n) is 2.76. The van der Waals surface area contributed by atoms with E-state index in [2.05, 4.69) is 0 Å². The van der Waals surface area contributed by atoms with E-state index in [0.29, 0.717) is 0 Å². The Hall–Kier alpha value is -0.890. The van der Waals surface area contributed by atoms with Crippen LogP contribution in [-0.2, 0) is 0 Å². The van der Waals surface area contributed by atoms with Gasteiger partial charge in [0.25, 0.3) is 0 Å². The third-order valence-electron chi connectivity index (χ3n) is 1.70. The van der Waals surface area contributed by atoms with Gasteiger partial charge in [-0.2, -0.15) is 35.1 Å². The summed E-state index contributed by atoms with van der Waals surface area (Å²) in [5.74, 6) is -17.7. The van der Waals surface area contributed by atoms with E-state index in [9.17, 15) is 35.1 Å². The Morgan fingerprint density at radius 1 is 1.00 bits per heavy atom. The standard InChI is InChI=1S/C6H5F8N/c1-2(3(7)15)4(8,9)5(10,11)6(12,13)14/h2,15H,1H3. The van der Waals surface area contributed by atoms with Crippen molar-refractivity contribution >= 4 is 5.97 Å². The molecule has 1 N–H and O–H groups in total. The Kier molecular flexibility index (Phi) is 3.39. The molecule has 1 nitrogen and oxygen atoms in total. The lowest BCUT2D eigenvalue weighted by molar-refractivity contribution is -0.360. The summed E-state index contributed by atoms with van der Waals surface area (Å²) in [7, 11) is 0. The molecule has 0 aliphatic carbocycles. The minimum atomic E-state index is -6.50. The Bertz CT molecular complexity index is 254. The largest absolute Gasteiger partial charge is 0.459 e. The van der Waals surface area contributed by atoms with Crippen molar-refractivity contribution in [2.75, 3.05) is 0 Å². The zero-order valence-corrected chi connectivity index (χ0v) is 7.10. The van der Waals surface area contributed by atoms with E-state index in [0.717, 1.165) is 0 Å². The summed E-state index contributed by atoms with van der Waals surface area (Å²) in [6.07, 6.45) is -6.50. The predicted octanol–water partition coefficient (Wildman–Crippen LogP) is 3.40. The predicted molar refractivity (Wildman–Crippen MR) is 33.9 cm³/mol. The third kappa shape index (κ3) is 2.20. The topological polar surface area (TPSA) is 23.9 Å². The van der Waals surface area contributed by atoms with Crippen LogP contribution in [0.15, 0.2) is 0 Å². The van der Waals surface area contributed by atoms with E-state index in [-0.39, 0.29) is 6.92 Å². The fraction of sp³-hybridized carbons (Fsp3) is 0.833. The van der Waals surface area contributed by atoms with Crippen molar-refractivity contribution in [1.82, 2.24) is 0 Å². The maximum atomic E-state index is 12.5. The molecule has 0 radical (unpaired) electrons. The van der Waals surface area contributed by atoms with Gasteiger partial charge in [-0.15, -0.1) is 0 Å². The van der Waals surface area contributed by atoms with Gasteiger partial charge >= 0.3 is 18.0 Å². The number of hydrogen-bond donors (Lipinski definition) is 1. The lowest BCUT2D eigenvalue weighted by Crippen LogP contribution is -2.56. The van der Waals surface area contributed by atoms with Crippen LogP contribution >= 0.6 is 0 Å². The number of halogens is 8. The molecule has 0 aliphatic heterocycles. The van der Waals surface area contributed by atoms with Gasteiger partial charge in [-0.1, -0.05) is 0 Å². The number of nitrogens with one attached hydrogen (secondary N) is 1. The fourth-order valence-electron chi connectivity index (χ4n) is 0.620. The molecule has 0 fully saturated rings. The fourth-order valence-corrected chi connectivity index (χ4v) is 0.620. The normalized spacial score (nSPS) is 16.3. The van der Waals surface area contributed by atoms with Gasteiger partial charge in [0.15, 0.2) is 5.97 Å². The molecule has 0 aromatic carbocycles. The van der Waals surface area contributed by atoms with Gasteiger partial charge in [-0.05, 0) is 6.92 Å². The van der Waals surface area contributed by atoms with Crippen LogP contribution in [0, 0.1) is 11.3 Å². The Morgan fingerprint density at radius 3 is 1.53 bits per heavy atom. The van der Waals surface area contributed by atoms with E-state index < -0.39 is 29.9 Å². The molecule has 0 bridgehead atoms. The van der Waals surface area contributed by atoms with E-state index in [4.69, 9.17) is 5.41 Å². The van der Waals surface area contributed by atoms with Crippen molar-refractivity contribution in [3.05, 3.63) is 0 Å². The van der Waals surface area contributed by atoms with Crippen LogP contribution in [0.2, 0.25) is 0 Å². The second-order valence-corrected chi connectivity index (χ2v) is 2.76. The van der Waals surface area contributed by atoms with Crippen LogP contribution in [-0.4, -0.2) is 24.0 Å². The summed E-state index contributed by atoms with van der Waals surface area (Å²) < 4.78 is 95.8. The van der Waals surface area contributed by atoms with Crippen molar-refractivity contribution in [2.45, 2.75) is 24.9 Å². The summed E-state index contributed by atoms with van der Waals surface area (Å²) in [5.41, 5.74) is 0. The van der Waals surface area contributed by atoms with Gasteiger partial charge in [0.2, 0.25) is 0 Å². The van der Waals surface area contributed by atoms with Crippen LogP contribution in [0.3, 0.4) is 0 Å². The molecule has 0 amide bonds. The molecule has 0 aromatic rings. The van der Waals surface area contributed by atoms with Crippen LogP contribution in [0.1, 0.15) is 6.92 Å². The number of alkyl halides is 7. The van der Waals surface area contributed by atoms with Crippen molar-refractivity contribution < 1.29 is 35.1 Å². The first-order valence-electron chi connectivity index (χ1n) is 3.42. The molecule has 0 rings (SSSR count). The van der Waals surface area contributed by atoms with Crippen LogP contribution in [0.4, 0.5) is 35.1 Å². The van der Waals surface area contributed by atoms with E-state index in [1.807, 2.05) is 0 Å². The third-order valence-corrected chi connectivity index (χ3v) is 1.70. The highest BCUT2D eigenvalue weighted by molar-refractivity contribution is 5.75. The molecule has 0 heterocycles. The van der Waals surface area contributed by atoms with E-state index in [1.54, 1.807) is 0 Å². The summed E-state index contributed by atoms with van der Waals surface area (Å²) >= 11 is 0. The minimum absolute atomic E-state index is 0.0714. The van der Waals surface area contributed by atoms with E-state index in [1.165, 1.54) is 0 Å². The van der Waals surface area contributed by atoms with Crippen molar-refractivity contribution in [2.24, 2.45) is 5.92 Å². The summed E-state index contributed by atoms with van der Waals surface area (Å²) in [4.78, 5) is 0. The van der Waals surface area contributed by atoms with Gasteiger partial charge in [-0.3, -0.25) is 5.41 Å². The zero-order chi connectivity index (χ0) is 12.7. The molecule has 15 heavy (non-hydrogen) atoms. The van der Waals surface area contributed by atoms with Crippen LogP contribution < -0.4 is 0 Å². The number of rotatable bonds is 3. The van der Waals surface area contributed by atoms with Crippen molar-refractivity contribution in [3.8, 4) is 0 Å². The molecular weight excluding hydrogens is 238 g/mol. The number of hydrogen-bond acceptors (Lipinski definition) is 1. The quantitative estimate of drug-likeness (QED) is 0.580. The van der Waals surface area contributed by atoms with Gasteiger partial charge in [-0.25, -0.2) is 0 Å². The maximum absolute atomic E-state index is 12.5. The molecule has 0 aliphatic rings. The van der Waals surface area contributed by atoms with Crippen LogP contribution in [0.5, 0.6) is 0 Å². The first kappa shape index (κ1) is 14.1. The van der Waals surface area contributed by atoms with Crippen LogP contribution in [0.25, 0.3) is 0 Å². The lowest BCUT2D eigenvalue weighted by atomic mass is 9.97. The molecular formula is C6H5F8N. The summed E-state index contributed by atoms with van der Waals surface area (Å²) in [6, 6.07) is 0. The Labute approximate surface area is 78.6 Å². The minimum Gasteiger partial charge on any atom is -0.277 e. The summed E-state index contributed by atoms with van der Waals surface area (Å²) in [5, 5.41) is 5.99. The highest BCUT2D eigenvalue weighted by atomic mass is 19.4. The highest BCUT2D eigenvalue weighted by Crippen LogP contribution is 2.49. The molecule has 0 saturated heterocycles. The van der Waals surface area contributed by atoms with Gasteiger partial charge < -0.3 is 0 Å². The lowest BCUT2D eigenvalue weighted by Gasteiger charge is -2.30. The van der Waals surface area contributed by atoms with Crippen molar-refractivity contribution in [1.29, 1.82) is 5.41 Å². The van der Waals surface area contributed by atoms with Gasteiger partial charge in [0.05, 0.1) is 5.92 Å². The molecule has 1 atom stereocenters. The van der Waals surface area contributed by atoms with Gasteiger partial charge in [0.1, 0.15) is 0 Å². The monoisotopic (exact) mass is 243 g/mol. The van der Waals surface area contributed by atoms with Crippen molar-refractivity contribution in [3.63, 3.8) is 0 Å². The van der Waals surface area contributed by atoms with E-state index >= 15 is 0 Å². The average Bonchev–Trinajstić information content (AvgIpc) is 2.00.